The first-order valence-corrected chi connectivity index (χ1v) is 8.45. The zero-order chi connectivity index (χ0) is 18.5. The Kier molecular flexibility index (Phi) is 5.46. The number of carbonyl (C=O) groups excluding carboxylic acids is 1. The van der Waals surface area contributed by atoms with Gasteiger partial charge in [-0.25, -0.2) is 9.18 Å². The van der Waals surface area contributed by atoms with Crippen LogP contribution in [0.25, 0.3) is 10.9 Å². The van der Waals surface area contributed by atoms with E-state index in [1.807, 2.05) is 24.3 Å². The Labute approximate surface area is 151 Å². The average molecular weight is 353 g/mol. The highest BCUT2D eigenvalue weighted by atomic mass is 19.1. The molecule has 5 heteroatoms. The summed E-state index contributed by atoms with van der Waals surface area (Å²) < 4.78 is 24.5. The summed E-state index contributed by atoms with van der Waals surface area (Å²) in [5.74, 6) is 0.205. The lowest BCUT2D eigenvalue weighted by molar-refractivity contribution is -0.147. The maximum Gasteiger partial charge on any atom is 0.344 e. The van der Waals surface area contributed by atoms with Gasteiger partial charge in [0.15, 0.2) is 6.61 Å². The minimum atomic E-state index is -0.494. The van der Waals surface area contributed by atoms with E-state index >= 15 is 0 Å². The molecule has 0 aliphatic rings. The summed E-state index contributed by atoms with van der Waals surface area (Å²) in [4.78, 5) is 16.1. The molecule has 0 unspecified atom stereocenters. The molecule has 4 nitrogen and oxygen atoms in total. The van der Waals surface area contributed by atoms with Crippen LogP contribution in [0.1, 0.15) is 30.9 Å². The first kappa shape index (κ1) is 17.9. The van der Waals surface area contributed by atoms with Gasteiger partial charge in [-0.2, -0.15) is 0 Å². The molecule has 0 spiro atoms. The number of nitrogens with zero attached hydrogens (tertiary/aromatic N) is 1. The number of esters is 1. The van der Waals surface area contributed by atoms with E-state index in [9.17, 15) is 9.18 Å². The Morgan fingerprint density at radius 1 is 1.12 bits per heavy atom. The Morgan fingerprint density at radius 3 is 2.62 bits per heavy atom. The van der Waals surface area contributed by atoms with Gasteiger partial charge in [-0.05, 0) is 41.8 Å². The smallest absolute Gasteiger partial charge is 0.344 e. The highest BCUT2D eigenvalue weighted by molar-refractivity contribution is 5.82. The largest absolute Gasteiger partial charge is 0.482 e. The molecule has 0 saturated carbocycles. The van der Waals surface area contributed by atoms with Gasteiger partial charge in [-0.1, -0.05) is 32.0 Å². The summed E-state index contributed by atoms with van der Waals surface area (Å²) in [6.45, 7) is 4.05. The minimum absolute atomic E-state index is 0.0161. The van der Waals surface area contributed by atoms with Gasteiger partial charge in [0.05, 0.1) is 5.52 Å². The van der Waals surface area contributed by atoms with Gasteiger partial charge in [0.25, 0.3) is 0 Å². The van der Waals surface area contributed by atoms with Crippen LogP contribution in [0.5, 0.6) is 5.75 Å². The lowest BCUT2D eigenvalue weighted by Gasteiger charge is -2.10. The average Bonchev–Trinajstić information content (AvgIpc) is 2.66. The van der Waals surface area contributed by atoms with Crippen LogP contribution < -0.4 is 4.74 Å². The van der Waals surface area contributed by atoms with Crippen molar-refractivity contribution in [2.45, 2.75) is 26.4 Å². The molecule has 0 saturated heterocycles. The summed E-state index contributed by atoms with van der Waals surface area (Å²) in [6.07, 6.45) is 1.58. The molecule has 1 heterocycles. The van der Waals surface area contributed by atoms with E-state index in [-0.39, 0.29) is 19.0 Å². The van der Waals surface area contributed by atoms with E-state index in [0.717, 1.165) is 0 Å². The van der Waals surface area contributed by atoms with Gasteiger partial charge in [0.2, 0.25) is 0 Å². The van der Waals surface area contributed by atoms with Gasteiger partial charge in [-0.15, -0.1) is 0 Å². The zero-order valence-corrected chi connectivity index (χ0v) is 14.7. The van der Waals surface area contributed by atoms with Crippen LogP contribution in [0, 0.1) is 5.82 Å². The fraction of sp³-hybridized carbons (Fsp3) is 0.238. The molecule has 0 bridgehead atoms. The summed E-state index contributed by atoms with van der Waals surface area (Å²) in [6, 6.07) is 13.8. The van der Waals surface area contributed by atoms with E-state index < -0.39 is 5.97 Å². The van der Waals surface area contributed by atoms with Crippen molar-refractivity contribution in [1.29, 1.82) is 0 Å². The molecule has 0 fully saturated rings. The fourth-order valence-electron chi connectivity index (χ4n) is 2.60. The Bertz CT molecular complexity index is 907. The predicted octanol–water partition coefficient (Wildman–Crippen LogP) is 4.62. The lowest BCUT2D eigenvalue weighted by atomic mass is 10.0. The summed E-state index contributed by atoms with van der Waals surface area (Å²) in [7, 11) is 0. The van der Waals surface area contributed by atoms with E-state index in [0.29, 0.717) is 28.1 Å². The SMILES string of the molecule is CC(C)c1ccc(OCC(=O)OCc2ccc(F)c3cccnc23)cc1. The summed E-state index contributed by atoms with van der Waals surface area (Å²) >= 11 is 0. The summed E-state index contributed by atoms with van der Waals surface area (Å²) in [5, 5.41) is 0.405. The van der Waals surface area contributed by atoms with Gasteiger partial charge in [0.1, 0.15) is 18.2 Å². The molecule has 0 radical (unpaired) electrons. The van der Waals surface area contributed by atoms with Crippen LogP contribution in [0.3, 0.4) is 0 Å². The number of hydrogen-bond donors (Lipinski definition) is 0. The van der Waals surface area contributed by atoms with Crippen molar-refractivity contribution < 1.29 is 18.7 Å². The maximum atomic E-state index is 13.8. The van der Waals surface area contributed by atoms with Gasteiger partial charge in [-0.3, -0.25) is 4.98 Å². The standard InChI is InChI=1S/C21H20FNO3/c1-14(2)15-5-8-17(9-6-15)25-13-20(24)26-12-16-7-10-19(22)18-4-3-11-23-21(16)18/h3-11,14H,12-13H2,1-2H3. The van der Waals surface area contributed by atoms with Gasteiger partial charge < -0.3 is 9.47 Å². The summed E-state index contributed by atoms with van der Waals surface area (Å²) in [5.41, 5.74) is 2.35. The Morgan fingerprint density at radius 2 is 1.88 bits per heavy atom. The molecule has 0 aliphatic carbocycles. The molecule has 1 aromatic heterocycles. The number of aromatic nitrogens is 1. The molecule has 26 heavy (non-hydrogen) atoms. The third-order valence-electron chi connectivity index (χ3n) is 4.09. The molecule has 0 aliphatic heterocycles. The van der Waals surface area contributed by atoms with Crippen LogP contribution in [0.15, 0.2) is 54.7 Å². The van der Waals surface area contributed by atoms with E-state index in [4.69, 9.17) is 9.47 Å². The van der Waals surface area contributed by atoms with E-state index in [1.54, 1.807) is 24.4 Å². The molecular formula is C21H20FNO3. The lowest BCUT2D eigenvalue weighted by Crippen LogP contribution is -2.15. The van der Waals surface area contributed by atoms with Crippen molar-refractivity contribution in [2.24, 2.45) is 0 Å². The minimum Gasteiger partial charge on any atom is -0.482 e. The highest BCUT2D eigenvalue weighted by Crippen LogP contribution is 2.21. The number of halogens is 1. The first-order valence-electron chi connectivity index (χ1n) is 8.45. The number of carbonyl (C=O) groups is 1. The number of rotatable bonds is 6. The number of fused-ring (bicyclic) bond motifs is 1. The van der Waals surface area contributed by atoms with Crippen molar-refractivity contribution >= 4 is 16.9 Å². The third kappa shape index (κ3) is 4.17. The molecule has 0 N–H and O–H groups in total. The van der Waals surface area contributed by atoms with Crippen LogP contribution in [-0.4, -0.2) is 17.6 Å². The van der Waals surface area contributed by atoms with Crippen LogP contribution >= 0.6 is 0 Å². The van der Waals surface area contributed by atoms with Crippen molar-refractivity contribution in [3.8, 4) is 5.75 Å². The molecule has 0 amide bonds. The molecule has 2 aromatic carbocycles. The van der Waals surface area contributed by atoms with E-state index in [1.165, 1.54) is 11.6 Å². The Balaban J connectivity index is 1.57. The van der Waals surface area contributed by atoms with Crippen molar-refractivity contribution in [3.63, 3.8) is 0 Å². The zero-order valence-electron chi connectivity index (χ0n) is 14.7. The Hall–Kier alpha value is -2.95. The predicted molar refractivity (Wildman–Crippen MR) is 97.5 cm³/mol. The quantitative estimate of drug-likeness (QED) is 0.607. The molecule has 134 valence electrons. The number of ether oxygens (including phenoxy) is 2. The highest BCUT2D eigenvalue weighted by Gasteiger charge is 2.10. The van der Waals surface area contributed by atoms with Crippen LogP contribution in [0.4, 0.5) is 4.39 Å². The van der Waals surface area contributed by atoms with Crippen molar-refractivity contribution in [1.82, 2.24) is 4.98 Å². The second-order valence-electron chi connectivity index (χ2n) is 6.28. The molecule has 3 aromatic rings. The fourth-order valence-corrected chi connectivity index (χ4v) is 2.60. The topological polar surface area (TPSA) is 48.4 Å². The number of pyridine rings is 1. The van der Waals surface area contributed by atoms with Gasteiger partial charge in [0, 0.05) is 17.1 Å². The monoisotopic (exact) mass is 353 g/mol. The molecule has 3 rings (SSSR count). The maximum absolute atomic E-state index is 13.8. The molecule has 0 atom stereocenters. The third-order valence-corrected chi connectivity index (χ3v) is 4.09. The second-order valence-corrected chi connectivity index (χ2v) is 6.28. The van der Waals surface area contributed by atoms with E-state index in [2.05, 4.69) is 18.8 Å². The van der Waals surface area contributed by atoms with Crippen LogP contribution in [-0.2, 0) is 16.1 Å². The number of hydrogen-bond acceptors (Lipinski definition) is 4. The first-order chi connectivity index (χ1) is 12.5. The van der Waals surface area contributed by atoms with Crippen molar-refractivity contribution in [3.05, 3.63) is 71.7 Å². The van der Waals surface area contributed by atoms with Crippen molar-refractivity contribution in [2.75, 3.05) is 6.61 Å². The molecular weight excluding hydrogens is 333 g/mol. The normalized spacial score (nSPS) is 10.9. The van der Waals surface area contributed by atoms with Crippen LogP contribution in [0.2, 0.25) is 0 Å². The van der Waals surface area contributed by atoms with Gasteiger partial charge >= 0.3 is 5.97 Å². The second kappa shape index (κ2) is 7.95. The number of benzene rings is 2.